The second-order valence-electron chi connectivity index (χ2n) is 9.36. The molecule has 6 rings (SSSR count). The molecule has 0 atom stereocenters. The topological polar surface area (TPSA) is 13.2 Å². The number of aromatic nitrogens is 2. The number of nitrogens with zero attached hydrogens (tertiary/aromatic N) is 3. The molecule has 0 fully saturated rings. The van der Waals surface area contributed by atoms with Crippen LogP contribution in [-0.4, -0.2) is 4.57 Å². The van der Waals surface area contributed by atoms with Crippen LogP contribution in [0.1, 0.15) is 11.1 Å². The highest BCUT2D eigenvalue weighted by atomic mass is 15.0. The van der Waals surface area contributed by atoms with Gasteiger partial charge in [0.2, 0.25) is 5.69 Å². The van der Waals surface area contributed by atoms with Gasteiger partial charge in [0.1, 0.15) is 7.05 Å². The van der Waals surface area contributed by atoms with Crippen LogP contribution in [0, 0.1) is 20.4 Å². The molecule has 0 amide bonds. The third kappa shape index (κ3) is 3.31. The number of hydrogen-bond donors (Lipinski definition) is 0. The van der Waals surface area contributed by atoms with Gasteiger partial charge in [0, 0.05) is 33.7 Å². The zero-order valence-electron chi connectivity index (χ0n) is 20.7. The highest BCUT2D eigenvalue weighted by Gasteiger charge is 2.25. The molecule has 0 saturated heterocycles. The molecule has 2 aromatic heterocycles. The van der Waals surface area contributed by atoms with Crippen LogP contribution in [-0.2, 0) is 7.05 Å². The standard InChI is InChI=1S/C33H26N3/c1-22-15-20-29(35(4)21-22)30-23(2)16-17-26-27-18-19-28(34-3)31(24-11-7-5-8-12-24)33(27)36(32(26)30)25-13-9-6-10-14-25/h5-21H,1-2,4H3/q+1. The molecule has 0 N–H and O–H groups in total. The lowest BCUT2D eigenvalue weighted by Crippen LogP contribution is -2.31. The first-order valence-electron chi connectivity index (χ1n) is 12.1. The molecule has 172 valence electrons. The third-order valence-electron chi connectivity index (χ3n) is 7.01. The average molecular weight is 465 g/mol. The maximum absolute atomic E-state index is 7.99. The Hall–Kier alpha value is -4.68. The molecule has 3 nitrogen and oxygen atoms in total. The van der Waals surface area contributed by atoms with Crippen molar-refractivity contribution in [3.63, 3.8) is 0 Å². The largest absolute Gasteiger partial charge is 0.309 e. The van der Waals surface area contributed by atoms with Gasteiger partial charge in [-0.25, -0.2) is 9.41 Å². The van der Waals surface area contributed by atoms with E-state index in [2.05, 4.69) is 108 Å². The molecule has 36 heavy (non-hydrogen) atoms. The molecule has 0 aliphatic carbocycles. The number of aryl methyl sites for hydroxylation is 3. The van der Waals surface area contributed by atoms with Crippen molar-refractivity contribution in [3.05, 3.63) is 126 Å². The van der Waals surface area contributed by atoms with Gasteiger partial charge in [0.15, 0.2) is 11.9 Å². The van der Waals surface area contributed by atoms with Crippen molar-refractivity contribution >= 4 is 27.5 Å². The number of pyridine rings is 1. The molecule has 0 bridgehead atoms. The van der Waals surface area contributed by atoms with Gasteiger partial charge < -0.3 is 4.57 Å². The lowest BCUT2D eigenvalue weighted by molar-refractivity contribution is -0.660. The lowest BCUT2D eigenvalue weighted by Gasteiger charge is -2.15. The zero-order chi connectivity index (χ0) is 24.8. The Kier molecular flexibility index (Phi) is 5.16. The van der Waals surface area contributed by atoms with E-state index < -0.39 is 0 Å². The van der Waals surface area contributed by atoms with Gasteiger partial charge in [-0.15, -0.1) is 0 Å². The van der Waals surface area contributed by atoms with E-state index in [9.17, 15) is 0 Å². The van der Waals surface area contributed by atoms with Gasteiger partial charge >= 0.3 is 0 Å². The van der Waals surface area contributed by atoms with Crippen LogP contribution in [0.2, 0.25) is 0 Å². The number of rotatable bonds is 3. The quantitative estimate of drug-likeness (QED) is 0.185. The van der Waals surface area contributed by atoms with E-state index in [0.717, 1.165) is 38.9 Å². The van der Waals surface area contributed by atoms with E-state index in [1.807, 2.05) is 30.3 Å². The third-order valence-corrected chi connectivity index (χ3v) is 7.01. The van der Waals surface area contributed by atoms with Crippen LogP contribution >= 0.6 is 0 Å². The summed E-state index contributed by atoms with van der Waals surface area (Å²) in [5, 5.41) is 2.33. The molecular weight excluding hydrogens is 438 g/mol. The van der Waals surface area contributed by atoms with E-state index >= 15 is 0 Å². The summed E-state index contributed by atoms with van der Waals surface area (Å²) in [5.41, 5.74) is 10.8. The van der Waals surface area contributed by atoms with Crippen molar-refractivity contribution < 1.29 is 4.57 Å². The Labute approximate surface area is 211 Å². The summed E-state index contributed by atoms with van der Waals surface area (Å²) < 4.78 is 4.58. The minimum atomic E-state index is 0.660. The fraction of sp³-hybridized carbons (Fsp3) is 0.0909. The Morgan fingerprint density at radius 3 is 2.00 bits per heavy atom. The first kappa shape index (κ1) is 21.8. The molecule has 0 saturated carbocycles. The Morgan fingerprint density at radius 2 is 1.33 bits per heavy atom. The van der Waals surface area contributed by atoms with Crippen molar-refractivity contribution in [2.45, 2.75) is 13.8 Å². The van der Waals surface area contributed by atoms with E-state index in [1.54, 1.807) is 0 Å². The van der Waals surface area contributed by atoms with Gasteiger partial charge in [-0.3, -0.25) is 0 Å². The highest BCUT2D eigenvalue weighted by Crippen LogP contribution is 2.45. The van der Waals surface area contributed by atoms with Crippen molar-refractivity contribution in [2.75, 3.05) is 0 Å². The minimum Gasteiger partial charge on any atom is -0.309 e. The monoisotopic (exact) mass is 464 g/mol. The number of hydrogen-bond acceptors (Lipinski definition) is 0. The predicted molar refractivity (Wildman–Crippen MR) is 149 cm³/mol. The molecule has 4 aromatic carbocycles. The van der Waals surface area contributed by atoms with E-state index in [4.69, 9.17) is 6.57 Å². The second kappa shape index (κ2) is 8.52. The molecule has 0 aliphatic rings. The summed E-state index contributed by atoms with van der Waals surface area (Å²) in [5.74, 6) is 0. The molecule has 0 unspecified atom stereocenters. The SMILES string of the molecule is [C-]#[N+]c1ccc2c3ccc(C)c(-c4ccc(C)c[n+]4C)c3n(-c3ccccc3)c2c1-c1ccccc1. The Morgan fingerprint density at radius 1 is 0.694 bits per heavy atom. The fourth-order valence-corrected chi connectivity index (χ4v) is 5.43. The van der Waals surface area contributed by atoms with Crippen LogP contribution in [0.5, 0.6) is 0 Å². The number of fused-ring (bicyclic) bond motifs is 3. The van der Waals surface area contributed by atoms with Crippen molar-refractivity contribution in [1.29, 1.82) is 0 Å². The van der Waals surface area contributed by atoms with Crippen LogP contribution in [0.25, 0.3) is 54.7 Å². The average Bonchev–Trinajstić information content (AvgIpc) is 3.24. The van der Waals surface area contributed by atoms with Gasteiger partial charge in [0.25, 0.3) is 0 Å². The van der Waals surface area contributed by atoms with Gasteiger partial charge in [-0.2, -0.15) is 0 Å². The number of para-hydroxylation sites is 1. The molecule has 0 aliphatic heterocycles. The fourth-order valence-electron chi connectivity index (χ4n) is 5.43. The molecule has 3 heteroatoms. The Balaban J connectivity index is 1.89. The molecule has 2 heterocycles. The van der Waals surface area contributed by atoms with Gasteiger partial charge in [-0.05, 0) is 43.2 Å². The zero-order valence-corrected chi connectivity index (χ0v) is 20.7. The minimum absolute atomic E-state index is 0.660. The molecule has 0 spiro atoms. The van der Waals surface area contributed by atoms with Crippen molar-refractivity contribution in [2.24, 2.45) is 7.05 Å². The van der Waals surface area contributed by atoms with Crippen LogP contribution < -0.4 is 4.57 Å². The maximum atomic E-state index is 7.99. The summed E-state index contributed by atoms with van der Waals surface area (Å²) in [6, 6.07) is 33.7. The smallest absolute Gasteiger partial charge is 0.214 e. The molecular formula is C33H26N3+. The highest BCUT2D eigenvalue weighted by molar-refractivity contribution is 6.19. The summed E-state index contributed by atoms with van der Waals surface area (Å²) in [4.78, 5) is 3.96. The maximum Gasteiger partial charge on any atom is 0.214 e. The summed E-state index contributed by atoms with van der Waals surface area (Å²) in [6.45, 7) is 12.3. The van der Waals surface area contributed by atoms with Gasteiger partial charge in [-0.1, -0.05) is 72.8 Å². The van der Waals surface area contributed by atoms with E-state index in [0.29, 0.717) is 5.69 Å². The first-order chi connectivity index (χ1) is 17.6. The molecule has 0 radical (unpaired) electrons. The number of benzene rings is 4. The van der Waals surface area contributed by atoms with E-state index in [1.165, 1.54) is 22.1 Å². The van der Waals surface area contributed by atoms with Crippen LogP contribution in [0.3, 0.4) is 0 Å². The first-order valence-corrected chi connectivity index (χ1v) is 12.1. The second-order valence-corrected chi connectivity index (χ2v) is 9.36. The van der Waals surface area contributed by atoms with Gasteiger partial charge in [0.05, 0.1) is 23.2 Å². The normalized spacial score (nSPS) is 11.2. The van der Waals surface area contributed by atoms with Crippen LogP contribution in [0.15, 0.2) is 103 Å². The molecule has 6 aromatic rings. The van der Waals surface area contributed by atoms with Crippen molar-refractivity contribution in [1.82, 2.24) is 4.57 Å². The lowest BCUT2D eigenvalue weighted by atomic mass is 9.98. The predicted octanol–water partition coefficient (Wildman–Crippen LogP) is 8.11. The summed E-state index contributed by atoms with van der Waals surface area (Å²) in [7, 11) is 2.11. The Bertz CT molecular complexity index is 1800. The summed E-state index contributed by atoms with van der Waals surface area (Å²) >= 11 is 0. The van der Waals surface area contributed by atoms with E-state index in [-0.39, 0.29) is 0 Å². The van der Waals surface area contributed by atoms with Crippen LogP contribution in [0.4, 0.5) is 5.69 Å². The van der Waals surface area contributed by atoms with Crippen molar-refractivity contribution in [3.8, 4) is 28.1 Å². The summed E-state index contributed by atoms with van der Waals surface area (Å²) in [6.07, 6.45) is 2.18.